The van der Waals surface area contributed by atoms with Gasteiger partial charge < -0.3 is 19.5 Å². The Morgan fingerprint density at radius 2 is 1.84 bits per heavy atom. The van der Waals surface area contributed by atoms with Crippen molar-refractivity contribution in [3.63, 3.8) is 0 Å². The Hall–Kier alpha value is -1.62. The zero-order valence-corrected chi connectivity index (χ0v) is 11.2. The minimum atomic E-state index is -0.717. The van der Waals surface area contributed by atoms with E-state index in [4.69, 9.17) is 4.42 Å². The predicted octanol–water partition coefficient (Wildman–Crippen LogP) is 1.90. The number of rotatable bonds is 5. The number of benzene rings is 1. The highest BCUT2D eigenvalue weighted by molar-refractivity contribution is 5.57. The standard InChI is InChI=1S/C15H19NO3/c1-16(2)13(10-17)15(18)12-7-5-11(6-8-12)14-4-3-9-19-14/h3-9,13,15,17-18H,10H2,1-2H3. The largest absolute Gasteiger partial charge is 0.464 e. The summed E-state index contributed by atoms with van der Waals surface area (Å²) in [6.07, 6.45) is 0.914. The number of aliphatic hydroxyl groups is 2. The molecule has 0 fully saturated rings. The molecule has 4 heteroatoms. The average molecular weight is 261 g/mol. The van der Waals surface area contributed by atoms with E-state index in [1.54, 1.807) is 6.26 Å². The molecule has 0 radical (unpaired) electrons. The summed E-state index contributed by atoms with van der Waals surface area (Å²) >= 11 is 0. The molecule has 2 atom stereocenters. The Balaban J connectivity index is 2.18. The van der Waals surface area contributed by atoms with Gasteiger partial charge in [-0.05, 0) is 31.8 Å². The highest BCUT2D eigenvalue weighted by Crippen LogP contribution is 2.24. The molecule has 0 aliphatic rings. The van der Waals surface area contributed by atoms with E-state index < -0.39 is 6.10 Å². The van der Waals surface area contributed by atoms with E-state index in [-0.39, 0.29) is 12.6 Å². The highest BCUT2D eigenvalue weighted by Gasteiger charge is 2.22. The van der Waals surface area contributed by atoms with Crippen LogP contribution in [0.5, 0.6) is 0 Å². The molecule has 4 nitrogen and oxygen atoms in total. The molecule has 2 aromatic rings. The zero-order valence-electron chi connectivity index (χ0n) is 11.2. The van der Waals surface area contributed by atoms with Crippen molar-refractivity contribution in [2.45, 2.75) is 12.1 Å². The molecule has 0 amide bonds. The number of hydrogen-bond acceptors (Lipinski definition) is 4. The third-order valence-corrected chi connectivity index (χ3v) is 3.27. The molecule has 2 rings (SSSR count). The smallest absolute Gasteiger partial charge is 0.133 e. The molecule has 1 aromatic carbocycles. The van der Waals surface area contributed by atoms with Crippen molar-refractivity contribution < 1.29 is 14.6 Å². The molecule has 0 bridgehead atoms. The van der Waals surface area contributed by atoms with E-state index in [1.807, 2.05) is 55.4 Å². The first-order chi connectivity index (χ1) is 9.13. The molecule has 0 saturated heterocycles. The summed E-state index contributed by atoms with van der Waals surface area (Å²) in [4.78, 5) is 1.81. The molecule has 2 unspecified atom stereocenters. The van der Waals surface area contributed by atoms with Crippen LogP contribution in [0.1, 0.15) is 11.7 Å². The van der Waals surface area contributed by atoms with Gasteiger partial charge in [0.15, 0.2) is 0 Å². The molecule has 2 N–H and O–H groups in total. The van der Waals surface area contributed by atoms with Gasteiger partial charge in [-0.1, -0.05) is 24.3 Å². The quantitative estimate of drug-likeness (QED) is 0.863. The summed E-state index contributed by atoms with van der Waals surface area (Å²) in [6, 6.07) is 10.9. The summed E-state index contributed by atoms with van der Waals surface area (Å²) in [7, 11) is 3.67. The molecular weight excluding hydrogens is 242 g/mol. The van der Waals surface area contributed by atoms with Crippen molar-refractivity contribution >= 4 is 0 Å². The van der Waals surface area contributed by atoms with E-state index in [0.29, 0.717) is 0 Å². The lowest BCUT2D eigenvalue weighted by Crippen LogP contribution is -2.37. The maximum atomic E-state index is 10.2. The number of likely N-dealkylation sites (N-methyl/N-ethyl adjacent to an activating group) is 1. The van der Waals surface area contributed by atoms with Gasteiger partial charge in [0.05, 0.1) is 25.0 Å². The lowest BCUT2D eigenvalue weighted by Gasteiger charge is -2.27. The van der Waals surface area contributed by atoms with Gasteiger partial charge >= 0.3 is 0 Å². The second-order valence-corrected chi connectivity index (χ2v) is 4.76. The van der Waals surface area contributed by atoms with Crippen molar-refractivity contribution in [1.29, 1.82) is 0 Å². The molecular formula is C15H19NO3. The van der Waals surface area contributed by atoms with Gasteiger partial charge in [-0.25, -0.2) is 0 Å². The van der Waals surface area contributed by atoms with E-state index in [1.165, 1.54) is 0 Å². The molecule has 1 aromatic heterocycles. The second kappa shape index (κ2) is 6.02. The van der Waals surface area contributed by atoms with E-state index in [0.717, 1.165) is 16.9 Å². The molecule has 0 aliphatic heterocycles. The number of aliphatic hydroxyl groups excluding tert-OH is 2. The van der Waals surface area contributed by atoms with Gasteiger partial charge in [0.1, 0.15) is 5.76 Å². The van der Waals surface area contributed by atoms with Gasteiger partial charge in [0.2, 0.25) is 0 Å². The fourth-order valence-corrected chi connectivity index (χ4v) is 2.06. The van der Waals surface area contributed by atoms with E-state index in [9.17, 15) is 10.2 Å². The van der Waals surface area contributed by atoms with Gasteiger partial charge in [0.25, 0.3) is 0 Å². The summed E-state index contributed by atoms with van der Waals surface area (Å²) in [6.45, 7) is -0.0892. The van der Waals surface area contributed by atoms with Crippen molar-refractivity contribution in [1.82, 2.24) is 4.90 Å². The molecule has 0 aliphatic carbocycles. The Kier molecular flexibility index (Phi) is 4.37. The van der Waals surface area contributed by atoms with Crippen LogP contribution < -0.4 is 0 Å². The second-order valence-electron chi connectivity index (χ2n) is 4.76. The van der Waals surface area contributed by atoms with Crippen LogP contribution in [-0.2, 0) is 0 Å². The van der Waals surface area contributed by atoms with Crippen LogP contribution in [0.25, 0.3) is 11.3 Å². The average Bonchev–Trinajstić information content (AvgIpc) is 2.93. The summed E-state index contributed by atoms with van der Waals surface area (Å²) in [5.41, 5.74) is 1.74. The summed E-state index contributed by atoms with van der Waals surface area (Å²) in [5, 5.41) is 19.6. The number of furan rings is 1. The predicted molar refractivity (Wildman–Crippen MR) is 73.7 cm³/mol. The lowest BCUT2D eigenvalue weighted by molar-refractivity contribution is 0.0390. The van der Waals surface area contributed by atoms with Crippen LogP contribution in [0, 0.1) is 0 Å². The Morgan fingerprint density at radius 1 is 1.16 bits per heavy atom. The van der Waals surface area contributed by atoms with Gasteiger partial charge in [-0.3, -0.25) is 0 Å². The normalized spacial score (nSPS) is 14.6. The van der Waals surface area contributed by atoms with Crippen LogP contribution in [0.4, 0.5) is 0 Å². The highest BCUT2D eigenvalue weighted by atomic mass is 16.3. The number of nitrogens with zero attached hydrogens (tertiary/aromatic N) is 1. The first kappa shape index (κ1) is 13.8. The fraction of sp³-hybridized carbons (Fsp3) is 0.333. The Labute approximate surface area is 112 Å². The monoisotopic (exact) mass is 261 g/mol. The minimum Gasteiger partial charge on any atom is -0.464 e. The van der Waals surface area contributed by atoms with Crippen LogP contribution >= 0.6 is 0 Å². The van der Waals surface area contributed by atoms with Crippen LogP contribution in [0.3, 0.4) is 0 Å². The van der Waals surface area contributed by atoms with E-state index in [2.05, 4.69) is 0 Å². The Morgan fingerprint density at radius 3 is 2.32 bits per heavy atom. The SMILES string of the molecule is CN(C)C(CO)C(O)c1ccc(-c2ccco2)cc1. The molecule has 19 heavy (non-hydrogen) atoms. The fourth-order valence-electron chi connectivity index (χ4n) is 2.06. The maximum absolute atomic E-state index is 10.2. The third kappa shape index (κ3) is 3.04. The molecule has 0 spiro atoms. The maximum Gasteiger partial charge on any atom is 0.133 e. The molecule has 102 valence electrons. The van der Waals surface area contributed by atoms with E-state index >= 15 is 0 Å². The first-order valence-electron chi connectivity index (χ1n) is 6.22. The van der Waals surface area contributed by atoms with Crippen molar-refractivity contribution in [3.05, 3.63) is 48.2 Å². The van der Waals surface area contributed by atoms with Gasteiger partial charge in [-0.15, -0.1) is 0 Å². The third-order valence-electron chi connectivity index (χ3n) is 3.27. The Bertz CT molecular complexity index is 491. The summed E-state index contributed by atoms with van der Waals surface area (Å²) < 4.78 is 5.32. The van der Waals surface area contributed by atoms with Crippen LogP contribution in [0.15, 0.2) is 47.1 Å². The first-order valence-corrected chi connectivity index (χ1v) is 6.22. The van der Waals surface area contributed by atoms with Gasteiger partial charge in [-0.2, -0.15) is 0 Å². The lowest BCUT2D eigenvalue weighted by atomic mass is 10.00. The van der Waals surface area contributed by atoms with Crippen LogP contribution in [0.2, 0.25) is 0 Å². The van der Waals surface area contributed by atoms with Crippen molar-refractivity contribution in [3.8, 4) is 11.3 Å². The van der Waals surface area contributed by atoms with Crippen molar-refractivity contribution in [2.24, 2.45) is 0 Å². The zero-order chi connectivity index (χ0) is 13.8. The van der Waals surface area contributed by atoms with Crippen molar-refractivity contribution in [2.75, 3.05) is 20.7 Å². The molecule has 1 heterocycles. The summed E-state index contributed by atoms with van der Waals surface area (Å²) in [5.74, 6) is 0.798. The number of hydrogen-bond donors (Lipinski definition) is 2. The topological polar surface area (TPSA) is 56.8 Å². The van der Waals surface area contributed by atoms with Crippen LogP contribution in [-0.4, -0.2) is 41.9 Å². The van der Waals surface area contributed by atoms with Gasteiger partial charge in [0, 0.05) is 5.56 Å². The minimum absolute atomic E-state index is 0.0892. The molecule has 0 saturated carbocycles.